The summed E-state index contributed by atoms with van der Waals surface area (Å²) < 4.78 is 5.29. The topological polar surface area (TPSA) is 51.0 Å². The molecule has 5 heteroatoms. The van der Waals surface area contributed by atoms with Crippen LogP contribution in [0.3, 0.4) is 0 Å². The summed E-state index contributed by atoms with van der Waals surface area (Å²) >= 11 is 1.58. The van der Waals surface area contributed by atoms with Crippen LogP contribution in [0.1, 0.15) is 11.3 Å². The Bertz CT molecular complexity index is 435. The largest absolute Gasteiger partial charge is 0.360 e. The third kappa shape index (κ3) is 1.17. The van der Waals surface area contributed by atoms with Crippen molar-refractivity contribution in [1.82, 2.24) is 15.5 Å². The Balaban J connectivity index is 2.11. The van der Waals surface area contributed by atoms with Crippen LogP contribution < -0.4 is 5.32 Å². The fraction of sp³-hybridized carbons (Fsp3) is 0.333. The maximum atomic E-state index is 5.29. The van der Waals surface area contributed by atoms with Gasteiger partial charge in [0.25, 0.3) is 0 Å². The highest BCUT2D eigenvalue weighted by Crippen LogP contribution is 2.26. The number of rotatable bonds is 1. The number of nitrogens with one attached hydrogen (secondary N) is 1. The van der Waals surface area contributed by atoms with E-state index >= 15 is 0 Å². The molecule has 0 bridgehead atoms. The highest BCUT2D eigenvalue weighted by atomic mass is 32.1. The number of thiazole rings is 1. The van der Waals surface area contributed by atoms with Gasteiger partial charge in [-0.1, -0.05) is 5.16 Å². The van der Waals surface area contributed by atoms with E-state index < -0.39 is 0 Å². The zero-order valence-electron chi connectivity index (χ0n) is 7.49. The van der Waals surface area contributed by atoms with Gasteiger partial charge in [0.2, 0.25) is 0 Å². The Morgan fingerprint density at radius 3 is 3.36 bits per heavy atom. The number of aromatic nitrogens is 2. The van der Waals surface area contributed by atoms with Gasteiger partial charge in [-0.05, 0) is 0 Å². The molecular formula is C9H9N3OS. The third-order valence-corrected chi connectivity index (χ3v) is 2.96. The molecule has 0 unspecified atom stereocenters. The molecule has 14 heavy (non-hydrogen) atoms. The van der Waals surface area contributed by atoms with Gasteiger partial charge in [0, 0.05) is 30.5 Å². The Labute approximate surface area is 85.0 Å². The fourth-order valence-electron chi connectivity index (χ4n) is 1.67. The van der Waals surface area contributed by atoms with Gasteiger partial charge in [-0.25, -0.2) is 4.98 Å². The van der Waals surface area contributed by atoms with E-state index in [0.29, 0.717) is 0 Å². The molecule has 1 aliphatic heterocycles. The van der Waals surface area contributed by atoms with Crippen molar-refractivity contribution in [3.63, 3.8) is 0 Å². The second-order valence-corrected chi connectivity index (χ2v) is 3.95. The molecule has 0 saturated carbocycles. The minimum atomic E-state index is 0.839. The van der Waals surface area contributed by atoms with E-state index in [-0.39, 0.29) is 0 Å². The Kier molecular flexibility index (Phi) is 1.85. The highest BCUT2D eigenvalue weighted by molar-refractivity contribution is 7.07. The molecule has 3 heterocycles. The van der Waals surface area contributed by atoms with Gasteiger partial charge >= 0.3 is 0 Å². The summed E-state index contributed by atoms with van der Waals surface area (Å²) in [5, 5.41) is 9.37. The van der Waals surface area contributed by atoms with Gasteiger partial charge in [0.1, 0.15) is 17.1 Å². The normalized spacial score (nSPS) is 15.4. The first kappa shape index (κ1) is 8.14. The molecule has 0 radical (unpaired) electrons. The molecule has 1 aliphatic rings. The molecule has 72 valence electrons. The maximum Gasteiger partial charge on any atom is 0.143 e. The van der Waals surface area contributed by atoms with E-state index in [1.54, 1.807) is 11.3 Å². The Hall–Kier alpha value is -1.20. The van der Waals surface area contributed by atoms with Crippen LogP contribution in [0, 0.1) is 0 Å². The molecule has 4 nitrogen and oxygen atoms in total. The van der Waals surface area contributed by atoms with Crippen LogP contribution in [-0.4, -0.2) is 16.7 Å². The predicted molar refractivity (Wildman–Crippen MR) is 53.0 cm³/mol. The van der Waals surface area contributed by atoms with E-state index in [2.05, 4.69) is 15.5 Å². The molecule has 0 fully saturated rings. The Morgan fingerprint density at radius 1 is 1.50 bits per heavy atom. The Morgan fingerprint density at radius 2 is 2.50 bits per heavy atom. The molecule has 0 aromatic carbocycles. The number of nitrogens with zero attached hydrogens (tertiary/aromatic N) is 2. The van der Waals surface area contributed by atoms with Crippen LogP contribution in [0.2, 0.25) is 0 Å². The van der Waals surface area contributed by atoms with Crippen LogP contribution in [0.5, 0.6) is 0 Å². The molecular weight excluding hydrogens is 198 g/mol. The van der Waals surface area contributed by atoms with E-state index in [1.165, 1.54) is 5.56 Å². The number of fused-ring (bicyclic) bond motifs is 1. The smallest absolute Gasteiger partial charge is 0.143 e. The van der Waals surface area contributed by atoms with Crippen LogP contribution in [-0.2, 0) is 13.0 Å². The van der Waals surface area contributed by atoms with E-state index in [4.69, 9.17) is 4.52 Å². The lowest BCUT2D eigenvalue weighted by molar-refractivity contribution is 0.374. The number of hydrogen-bond donors (Lipinski definition) is 1. The van der Waals surface area contributed by atoms with E-state index in [9.17, 15) is 0 Å². The summed E-state index contributed by atoms with van der Waals surface area (Å²) in [6.45, 7) is 1.81. The van der Waals surface area contributed by atoms with E-state index in [0.717, 1.165) is 36.7 Å². The molecule has 0 aliphatic carbocycles. The maximum absolute atomic E-state index is 5.29. The first-order chi connectivity index (χ1) is 6.95. The summed E-state index contributed by atoms with van der Waals surface area (Å²) in [6.07, 6.45) is 0.923. The monoisotopic (exact) mass is 207 g/mol. The lowest BCUT2D eigenvalue weighted by Gasteiger charge is -2.10. The van der Waals surface area contributed by atoms with Crippen molar-refractivity contribution >= 4 is 11.3 Å². The van der Waals surface area contributed by atoms with Gasteiger partial charge in [-0.3, -0.25) is 0 Å². The van der Waals surface area contributed by atoms with Crippen LogP contribution in [0.25, 0.3) is 11.4 Å². The van der Waals surface area contributed by atoms with Crippen molar-refractivity contribution < 1.29 is 4.52 Å². The molecule has 2 aromatic heterocycles. The standard InChI is InChI=1S/C9H9N3OS/c1-2-10-3-6-8(1)13-12-9(6)7-4-14-5-11-7/h4-5,10H,1-3H2. The van der Waals surface area contributed by atoms with Gasteiger partial charge in [0.05, 0.1) is 5.51 Å². The van der Waals surface area contributed by atoms with Crippen molar-refractivity contribution in [2.24, 2.45) is 0 Å². The zero-order valence-corrected chi connectivity index (χ0v) is 8.30. The van der Waals surface area contributed by atoms with Crippen LogP contribution in [0.4, 0.5) is 0 Å². The van der Waals surface area contributed by atoms with Crippen molar-refractivity contribution in [1.29, 1.82) is 0 Å². The lowest BCUT2D eigenvalue weighted by atomic mass is 10.1. The predicted octanol–water partition coefficient (Wildman–Crippen LogP) is 1.44. The van der Waals surface area contributed by atoms with Crippen molar-refractivity contribution in [2.45, 2.75) is 13.0 Å². The van der Waals surface area contributed by atoms with Crippen molar-refractivity contribution in [3.8, 4) is 11.4 Å². The highest BCUT2D eigenvalue weighted by Gasteiger charge is 2.20. The summed E-state index contributed by atoms with van der Waals surface area (Å²) in [7, 11) is 0. The summed E-state index contributed by atoms with van der Waals surface area (Å²) in [5.74, 6) is 1.01. The average molecular weight is 207 g/mol. The molecule has 0 atom stereocenters. The van der Waals surface area contributed by atoms with Crippen LogP contribution >= 0.6 is 11.3 Å². The second-order valence-electron chi connectivity index (χ2n) is 3.23. The second kappa shape index (κ2) is 3.18. The SMILES string of the molecule is c1nc(-c2noc3c2CNCC3)cs1. The van der Waals surface area contributed by atoms with E-state index in [1.807, 2.05) is 10.9 Å². The first-order valence-corrected chi connectivity index (χ1v) is 5.46. The zero-order chi connectivity index (χ0) is 9.38. The molecule has 2 aromatic rings. The third-order valence-electron chi connectivity index (χ3n) is 2.38. The summed E-state index contributed by atoms with van der Waals surface area (Å²) in [5.41, 5.74) is 4.80. The van der Waals surface area contributed by atoms with Gasteiger partial charge in [-0.15, -0.1) is 11.3 Å². The van der Waals surface area contributed by atoms with Crippen molar-refractivity contribution in [3.05, 3.63) is 22.2 Å². The summed E-state index contributed by atoms with van der Waals surface area (Å²) in [4.78, 5) is 4.24. The molecule has 3 rings (SSSR count). The average Bonchev–Trinajstić information content (AvgIpc) is 2.85. The minimum Gasteiger partial charge on any atom is -0.360 e. The molecule has 0 amide bonds. The minimum absolute atomic E-state index is 0.839. The number of hydrogen-bond acceptors (Lipinski definition) is 5. The quantitative estimate of drug-likeness (QED) is 0.768. The lowest BCUT2D eigenvalue weighted by Crippen LogP contribution is -2.22. The van der Waals surface area contributed by atoms with Gasteiger partial charge in [0.15, 0.2) is 0 Å². The molecule has 0 spiro atoms. The van der Waals surface area contributed by atoms with Crippen LogP contribution in [0.15, 0.2) is 15.4 Å². The summed E-state index contributed by atoms with van der Waals surface area (Å²) in [6, 6.07) is 0. The van der Waals surface area contributed by atoms with Gasteiger partial charge < -0.3 is 9.84 Å². The van der Waals surface area contributed by atoms with Gasteiger partial charge in [-0.2, -0.15) is 0 Å². The molecule has 0 saturated heterocycles. The fourth-order valence-corrected chi connectivity index (χ4v) is 2.20. The van der Waals surface area contributed by atoms with Crippen molar-refractivity contribution in [2.75, 3.05) is 6.54 Å². The first-order valence-electron chi connectivity index (χ1n) is 4.52. The molecule has 1 N–H and O–H groups in total.